The molecule has 0 fully saturated rings. The molecule has 5 nitrogen and oxygen atoms in total. The van der Waals surface area contributed by atoms with Crippen LogP contribution in [0.2, 0.25) is 0 Å². The summed E-state index contributed by atoms with van der Waals surface area (Å²) in [5.74, 6) is 0.736. The summed E-state index contributed by atoms with van der Waals surface area (Å²) in [5, 5.41) is 7.16. The highest BCUT2D eigenvalue weighted by molar-refractivity contribution is 5.90. The number of rotatable bonds is 5. The third-order valence-electron chi connectivity index (χ3n) is 3.71. The second-order valence-electron chi connectivity index (χ2n) is 5.77. The Balaban J connectivity index is 1.52. The first kappa shape index (κ1) is 15.2. The molecule has 2 heterocycles. The summed E-state index contributed by atoms with van der Waals surface area (Å²) in [6.45, 7) is 3.92. The molecule has 0 unspecified atom stereocenters. The standard InChI is InChI=1S/C18H20N4O/c1-13-6-8-15(9-7-13)4-3-5-18(23)20-16-10-11-17-19-14(2)21-22(17)12-16/h6-12H,3-5H2,1-2H3,(H,20,23). The highest BCUT2D eigenvalue weighted by atomic mass is 16.1. The topological polar surface area (TPSA) is 59.3 Å². The molecule has 2 aromatic heterocycles. The van der Waals surface area contributed by atoms with E-state index in [4.69, 9.17) is 0 Å². The highest BCUT2D eigenvalue weighted by Gasteiger charge is 2.05. The lowest BCUT2D eigenvalue weighted by Crippen LogP contribution is -2.12. The van der Waals surface area contributed by atoms with Crippen LogP contribution in [0.25, 0.3) is 5.65 Å². The van der Waals surface area contributed by atoms with Crippen LogP contribution < -0.4 is 5.32 Å². The maximum atomic E-state index is 12.0. The molecule has 5 heteroatoms. The van der Waals surface area contributed by atoms with E-state index >= 15 is 0 Å². The molecule has 0 radical (unpaired) electrons. The minimum absolute atomic E-state index is 0.0216. The average Bonchev–Trinajstić information content (AvgIpc) is 2.88. The van der Waals surface area contributed by atoms with Crippen molar-refractivity contribution >= 4 is 17.2 Å². The molecule has 0 aliphatic heterocycles. The molecule has 0 saturated carbocycles. The number of carbonyl (C=O) groups excluding carboxylic acids is 1. The zero-order chi connectivity index (χ0) is 16.2. The Labute approximate surface area is 135 Å². The zero-order valence-electron chi connectivity index (χ0n) is 13.4. The van der Waals surface area contributed by atoms with E-state index in [0.29, 0.717) is 12.2 Å². The molecular weight excluding hydrogens is 288 g/mol. The quantitative estimate of drug-likeness (QED) is 0.786. The second kappa shape index (κ2) is 6.60. The van der Waals surface area contributed by atoms with E-state index in [-0.39, 0.29) is 5.91 Å². The predicted octanol–water partition coefficient (Wildman–Crippen LogP) is 3.31. The van der Waals surface area contributed by atoms with Gasteiger partial charge in [-0.2, -0.15) is 5.10 Å². The SMILES string of the molecule is Cc1ccc(CCCC(=O)Nc2ccc3nc(C)nn3c2)cc1. The molecule has 118 valence electrons. The van der Waals surface area contributed by atoms with Crippen molar-refractivity contribution in [1.82, 2.24) is 14.6 Å². The molecule has 1 amide bonds. The number of benzene rings is 1. The number of hydrogen-bond acceptors (Lipinski definition) is 3. The van der Waals surface area contributed by atoms with Crippen LogP contribution in [0.3, 0.4) is 0 Å². The summed E-state index contributed by atoms with van der Waals surface area (Å²) in [5.41, 5.74) is 4.04. The average molecular weight is 308 g/mol. The van der Waals surface area contributed by atoms with Crippen molar-refractivity contribution in [3.63, 3.8) is 0 Å². The molecule has 0 bridgehead atoms. The molecule has 1 aromatic carbocycles. The predicted molar refractivity (Wildman–Crippen MR) is 90.5 cm³/mol. The van der Waals surface area contributed by atoms with Crippen molar-refractivity contribution in [1.29, 1.82) is 0 Å². The van der Waals surface area contributed by atoms with Crippen LogP contribution in [0.5, 0.6) is 0 Å². The van der Waals surface area contributed by atoms with Crippen molar-refractivity contribution in [2.75, 3.05) is 5.32 Å². The Bertz CT molecular complexity index is 821. The van der Waals surface area contributed by atoms with Crippen molar-refractivity contribution in [3.8, 4) is 0 Å². The zero-order valence-corrected chi connectivity index (χ0v) is 13.4. The monoisotopic (exact) mass is 308 g/mol. The van der Waals surface area contributed by atoms with Crippen molar-refractivity contribution in [2.45, 2.75) is 33.1 Å². The summed E-state index contributed by atoms with van der Waals surface area (Å²) in [6.07, 6.45) is 4.03. The van der Waals surface area contributed by atoms with Crippen LogP contribution in [0.4, 0.5) is 5.69 Å². The Morgan fingerprint density at radius 1 is 1.13 bits per heavy atom. The number of nitrogens with zero attached hydrogens (tertiary/aromatic N) is 3. The lowest BCUT2D eigenvalue weighted by atomic mass is 10.1. The van der Waals surface area contributed by atoms with Gasteiger partial charge < -0.3 is 5.32 Å². The Hall–Kier alpha value is -2.69. The van der Waals surface area contributed by atoms with Gasteiger partial charge in [0.1, 0.15) is 5.82 Å². The maximum Gasteiger partial charge on any atom is 0.224 e. The third kappa shape index (κ3) is 3.94. The Morgan fingerprint density at radius 2 is 1.91 bits per heavy atom. The lowest BCUT2D eigenvalue weighted by Gasteiger charge is -2.06. The van der Waals surface area contributed by atoms with Crippen LogP contribution in [0.15, 0.2) is 42.6 Å². The van der Waals surface area contributed by atoms with E-state index in [1.165, 1.54) is 11.1 Å². The Kier molecular flexibility index (Phi) is 4.37. The van der Waals surface area contributed by atoms with Crippen LogP contribution in [-0.4, -0.2) is 20.5 Å². The number of amides is 1. The summed E-state index contributed by atoms with van der Waals surface area (Å²) < 4.78 is 1.68. The molecule has 3 rings (SSSR count). The number of nitrogens with one attached hydrogen (secondary N) is 1. The molecule has 0 atom stereocenters. The summed E-state index contributed by atoms with van der Waals surface area (Å²) in [4.78, 5) is 16.3. The highest BCUT2D eigenvalue weighted by Crippen LogP contribution is 2.11. The molecule has 0 spiro atoms. The van der Waals surface area contributed by atoms with Crippen LogP contribution >= 0.6 is 0 Å². The van der Waals surface area contributed by atoms with Crippen molar-refractivity contribution < 1.29 is 4.79 Å². The van der Waals surface area contributed by atoms with Gasteiger partial charge in [-0.15, -0.1) is 0 Å². The van der Waals surface area contributed by atoms with Crippen molar-refractivity contribution in [2.24, 2.45) is 0 Å². The van der Waals surface area contributed by atoms with E-state index < -0.39 is 0 Å². The van der Waals surface area contributed by atoms with Gasteiger partial charge in [-0.05, 0) is 44.4 Å². The number of hydrogen-bond donors (Lipinski definition) is 1. The number of anilines is 1. The van der Waals surface area contributed by atoms with E-state index in [0.717, 1.165) is 24.2 Å². The molecule has 0 aliphatic rings. The number of fused-ring (bicyclic) bond motifs is 1. The van der Waals surface area contributed by atoms with E-state index in [2.05, 4.69) is 46.6 Å². The first-order valence-corrected chi connectivity index (χ1v) is 7.78. The van der Waals surface area contributed by atoms with Gasteiger partial charge in [-0.25, -0.2) is 9.50 Å². The number of pyridine rings is 1. The van der Waals surface area contributed by atoms with E-state index in [1.807, 2.05) is 19.1 Å². The van der Waals surface area contributed by atoms with Gasteiger partial charge in [0, 0.05) is 6.42 Å². The number of aryl methyl sites for hydroxylation is 3. The third-order valence-corrected chi connectivity index (χ3v) is 3.71. The van der Waals surface area contributed by atoms with Crippen LogP contribution in [-0.2, 0) is 11.2 Å². The van der Waals surface area contributed by atoms with Gasteiger partial charge >= 0.3 is 0 Å². The summed E-state index contributed by atoms with van der Waals surface area (Å²) in [7, 11) is 0. The normalized spacial score (nSPS) is 10.9. The second-order valence-corrected chi connectivity index (χ2v) is 5.77. The van der Waals surface area contributed by atoms with Gasteiger partial charge in [0.05, 0.1) is 11.9 Å². The summed E-state index contributed by atoms with van der Waals surface area (Å²) in [6, 6.07) is 12.1. The lowest BCUT2D eigenvalue weighted by molar-refractivity contribution is -0.116. The van der Waals surface area contributed by atoms with Gasteiger partial charge in [-0.1, -0.05) is 29.8 Å². The van der Waals surface area contributed by atoms with Crippen molar-refractivity contribution in [3.05, 3.63) is 59.5 Å². The molecular formula is C18H20N4O. The molecule has 1 N–H and O–H groups in total. The maximum absolute atomic E-state index is 12.0. The molecule has 0 aliphatic carbocycles. The van der Waals surface area contributed by atoms with E-state index in [1.54, 1.807) is 10.7 Å². The summed E-state index contributed by atoms with van der Waals surface area (Å²) >= 11 is 0. The molecule has 23 heavy (non-hydrogen) atoms. The number of carbonyl (C=O) groups is 1. The van der Waals surface area contributed by atoms with Crippen LogP contribution in [0, 0.1) is 13.8 Å². The van der Waals surface area contributed by atoms with E-state index in [9.17, 15) is 4.79 Å². The minimum Gasteiger partial charge on any atom is -0.325 e. The first-order chi connectivity index (χ1) is 11.1. The minimum atomic E-state index is 0.0216. The van der Waals surface area contributed by atoms with Gasteiger partial charge in [-0.3, -0.25) is 4.79 Å². The fraction of sp³-hybridized carbons (Fsp3) is 0.278. The Morgan fingerprint density at radius 3 is 2.70 bits per heavy atom. The smallest absolute Gasteiger partial charge is 0.224 e. The van der Waals surface area contributed by atoms with Gasteiger partial charge in [0.15, 0.2) is 5.65 Å². The molecule has 0 saturated heterocycles. The fourth-order valence-corrected chi connectivity index (χ4v) is 2.50. The van der Waals surface area contributed by atoms with Gasteiger partial charge in [0.2, 0.25) is 5.91 Å². The first-order valence-electron chi connectivity index (χ1n) is 7.78. The van der Waals surface area contributed by atoms with Crippen LogP contribution in [0.1, 0.15) is 29.8 Å². The van der Waals surface area contributed by atoms with Gasteiger partial charge in [0.25, 0.3) is 0 Å². The molecule has 3 aromatic rings. The number of aromatic nitrogens is 3. The largest absolute Gasteiger partial charge is 0.325 e. The fourth-order valence-electron chi connectivity index (χ4n) is 2.50.